The smallest absolute Gasteiger partial charge is 0.191 e. The molecule has 1 aliphatic rings. The third kappa shape index (κ3) is 6.45. The van der Waals surface area contributed by atoms with Crippen molar-refractivity contribution >= 4 is 29.9 Å². The number of aryl methyl sites for hydroxylation is 2. The third-order valence-electron chi connectivity index (χ3n) is 4.84. The van der Waals surface area contributed by atoms with Crippen molar-refractivity contribution < 1.29 is 4.74 Å². The quantitative estimate of drug-likeness (QED) is 0.370. The minimum absolute atomic E-state index is 0. The van der Waals surface area contributed by atoms with Crippen LogP contribution in [0.25, 0.3) is 0 Å². The van der Waals surface area contributed by atoms with Gasteiger partial charge in [0.2, 0.25) is 0 Å². The summed E-state index contributed by atoms with van der Waals surface area (Å²) in [6, 6.07) is 8.54. The van der Waals surface area contributed by atoms with Crippen molar-refractivity contribution in [3.8, 4) is 5.75 Å². The Morgan fingerprint density at radius 2 is 1.93 bits per heavy atom. The van der Waals surface area contributed by atoms with E-state index in [-0.39, 0.29) is 24.0 Å². The topological polar surface area (TPSA) is 50.6 Å². The predicted molar refractivity (Wildman–Crippen MR) is 122 cm³/mol. The predicted octanol–water partition coefficient (Wildman–Crippen LogP) is 4.14. The first-order chi connectivity index (χ1) is 12.6. The Hall–Kier alpha value is -1.70. The molecule has 0 bridgehead atoms. The molecule has 1 heterocycles. The van der Waals surface area contributed by atoms with Gasteiger partial charge in [0, 0.05) is 45.1 Å². The van der Waals surface area contributed by atoms with E-state index in [1.54, 1.807) is 7.05 Å². The number of halogens is 1. The highest BCUT2D eigenvalue weighted by Gasteiger charge is 2.18. The van der Waals surface area contributed by atoms with Crippen LogP contribution in [0.15, 0.2) is 41.7 Å². The highest BCUT2D eigenvalue weighted by atomic mass is 127. The van der Waals surface area contributed by atoms with E-state index in [0.717, 1.165) is 18.3 Å². The summed E-state index contributed by atoms with van der Waals surface area (Å²) in [6.07, 6.45) is 9.41. The molecular formula is C21H31IN4O. The normalized spacial score (nSPS) is 14.7. The Morgan fingerprint density at radius 3 is 2.59 bits per heavy atom. The van der Waals surface area contributed by atoms with Gasteiger partial charge in [-0.05, 0) is 55.9 Å². The molecule has 0 spiro atoms. The van der Waals surface area contributed by atoms with Crippen LogP contribution < -0.4 is 15.4 Å². The fourth-order valence-corrected chi connectivity index (χ4v) is 3.35. The van der Waals surface area contributed by atoms with E-state index in [9.17, 15) is 0 Å². The highest BCUT2D eigenvalue weighted by molar-refractivity contribution is 14.0. The standard InChI is InChI=1S/C21H30N4O.HI/c1-16-8-9-18(20(12-16)26-19-6-4-5-7-19)14-24-21(22-2)23-13-17-10-11-25(3)15-17;/h8-12,15,19H,4-7,13-14H2,1-3H3,(H2,22,23,24);1H. The van der Waals surface area contributed by atoms with Gasteiger partial charge in [-0.25, -0.2) is 0 Å². The summed E-state index contributed by atoms with van der Waals surface area (Å²) >= 11 is 0. The van der Waals surface area contributed by atoms with Gasteiger partial charge < -0.3 is 19.9 Å². The van der Waals surface area contributed by atoms with Crippen molar-refractivity contribution in [1.29, 1.82) is 0 Å². The maximum atomic E-state index is 6.28. The molecule has 27 heavy (non-hydrogen) atoms. The van der Waals surface area contributed by atoms with Crippen LogP contribution >= 0.6 is 24.0 Å². The zero-order valence-corrected chi connectivity index (χ0v) is 18.8. The Labute approximate surface area is 179 Å². The monoisotopic (exact) mass is 482 g/mol. The SMILES string of the molecule is CN=C(NCc1ccn(C)c1)NCc1ccc(C)cc1OC1CCCC1.I. The molecule has 148 valence electrons. The summed E-state index contributed by atoms with van der Waals surface area (Å²) in [6.45, 7) is 3.55. The molecular weight excluding hydrogens is 451 g/mol. The number of ether oxygens (including phenoxy) is 1. The molecule has 0 radical (unpaired) electrons. The summed E-state index contributed by atoms with van der Waals surface area (Å²) in [4.78, 5) is 4.32. The van der Waals surface area contributed by atoms with Gasteiger partial charge >= 0.3 is 0 Å². The zero-order valence-electron chi connectivity index (χ0n) is 16.5. The number of aromatic nitrogens is 1. The van der Waals surface area contributed by atoms with Crippen molar-refractivity contribution in [2.75, 3.05) is 7.05 Å². The molecule has 0 aliphatic heterocycles. The average Bonchev–Trinajstić information content (AvgIpc) is 3.28. The minimum atomic E-state index is 0. The number of guanidine groups is 1. The molecule has 0 amide bonds. The van der Waals surface area contributed by atoms with Crippen molar-refractivity contribution in [3.63, 3.8) is 0 Å². The van der Waals surface area contributed by atoms with E-state index in [1.165, 1.54) is 42.4 Å². The molecule has 1 aromatic heterocycles. The van der Waals surface area contributed by atoms with Crippen LogP contribution in [0.3, 0.4) is 0 Å². The summed E-state index contributed by atoms with van der Waals surface area (Å²) in [5, 5.41) is 6.76. The van der Waals surface area contributed by atoms with Crippen molar-refractivity contribution in [2.45, 2.75) is 51.8 Å². The average molecular weight is 482 g/mol. The number of hydrogen-bond donors (Lipinski definition) is 2. The van der Waals surface area contributed by atoms with E-state index in [0.29, 0.717) is 12.6 Å². The maximum Gasteiger partial charge on any atom is 0.191 e. The lowest BCUT2D eigenvalue weighted by Gasteiger charge is -2.18. The van der Waals surface area contributed by atoms with Crippen molar-refractivity contribution in [2.24, 2.45) is 12.0 Å². The lowest BCUT2D eigenvalue weighted by atomic mass is 10.1. The molecule has 1 fully saturated rings. The van der Waals surface area contributed by atoms with Crippen LogP contribution in [-0.2, 0) is 20.1 Å². The van der Waals surface area contributed by atoms with E-state index in [1.807, 2.05) is 17.8 Å². The number of hydrogen-bond acceptors (Lipinski definition) is 2. The van der Waals surface area contributed by atoms with E-state index in [2.05, 4.69) is 53.0 Å². The van der Waals surface area contributed by atoms with Gasteiger partial charge in [-0.3, -0.25) is 4.99 Å². The first kappa shape index (κ1) is 21.6. The lowest BCUT2D eigenvalue weighted by molar-refractivity contribution is 0.207. The molecule has 1 aromatic carbocycles. The van der Waals surface area contributed by atoms with E-state index in [4.69, 9.17) is 4.74 Å². The fraction of sp³-hybridized carbons (Fsp3) is 0.476. The second kappa shape index (κ2) is 10.6. The number of benzene rings is 1. The van der Waals surface area contributed by atoms with Gasteiger partial charge in [-0.1, -0.05) is 12.1 Å². The molecule has 5 nitrogen and oxygen atoms in total. The second-order valence-corrected chi connectivity index (χ2v) is 7.10. The van der Waals surface area contributed by atoms with Crippen LogP contribution in [0, 0.1) is 6.92 Å². The van der Waals surface area contributed by atoms with Crippen LogP contribution in [0.1, 0.15) is 42.4 Å². The van der Waals surface area contributed by atoms with Gasteiger partial charge in [0.05, 0.1) is 6.10 Å². The van der Waals surface area contributed by atoms with Gasteiger partial charge in [0.15, 0.2) is 5.96 Å². The number of nitrogens with zero attached hydrogens (tertiary/aromatic N) is 2. The van der Waals surface area contributed by atoms with E-state index < -0.39 is 0 Å². The van der Waals surface area contributed by atoms with Crippen molar-refractivity contribution in [3.05, 3.63) is 53.3 Å². The number of rotatable bonds is 6. The van der Waals surface area contributed by atoms with Gasteiger partial charge in [-0.15, -0.1) is 24.0 Å². The molecule has 6 heteroatoms. The molecule has 0 atom stereocenters. The highest BCUT2D eigenvalue weighted by Crippen LogP contribution is 2.27. The molecule has 0 unspecified atom stereocenters. The minimum Gasteiger partial charge on any atom is -0.490 e. The van der Waals surface area contributed by atoms with Crippen molar-refractivity contribution in [1.82, 2.24) is 15.2 Å². The van der Waals surface area contributed by atoms with Gasteiger partial charge in [-0.2, -0.15) is 0 Å². The van der Waals surface area contributed by atoms with Crippen LogP contribution in [0.2, 0.25) is 0 Å². The van der Waals surface area contributed by atoms with E-state index >= 15 is 0 Å². The second-order valence-electron chi connectivity index (χ2n) is 7.10. The van der Waals surface area contributed by atoms with Gasteiger partial charge in [0.25, 0.3) is 0 Å². The Bertz CT molecular complexity index is 750. The largest absolute Gasteiger partial charge is 0.490 e. The first-order valence-electron chi connectivity index (χ1n) is 9.45. The summed E-state index contributed by atoms with van der Waals surface area (Å²) < 4.78 is 8.33. The molecule has 2 aromatic rings. The first-order valence-corrected chi connectivity index (χ1v) is 9.45. The third-order valence-corrected chi connectivity index (χ3v) is 4.84. The Kier molecular flexibility index (Phi) is 8.47. The summed E-state index contributed by atoms with van der Waals surface area (Å²) in [5.74, 6) is 1.80. The maximum absolute atomic E-state index is 6.28. The molecule has 3 rings (SSSR count). The summed E-state index contributed by atoms with van der Waals surface area (Å²) in [5.41, 5.74) is 3.63. The molecule has 1 aliphatic carbocycles. The van der Waals surface area contributed by atoms with Gasteiger partial charge in [0.1, 0.15) is 5.75 Å². The van der Waals surface area contributed by atoms with Crippen LogP contribution in [-0.4, -0.2) is 23.7 Å². The Balaban J connectivity index is 0.00000261. The molecule has 1 saturated carbocycles. The number of aliphatic imine (C=N–C) groups is 1. The fourth-order valence-electron chi connectivity index (χ4n) is 3.35. The Morgan fingerprint density at radius 1 is 1.19 bits per heavy atom. The zero-order chi connectivity index (χ0) is 18.4. The molecule has 0 saturated heterocycles. The van der Waals surface area contributed by atoms with Crippen LogP contribution in [0.4, 0.5) is 0 Å². The van der Waals surface area contributed by atoms with Crippen LogP contribution in [0.5, 0.6) is 5.75 Å². The lowest BCUT2D eigenvalue weighted by Crippen LogP contribution is -2.36. The summed E-state index contributed by atoms with van der Waals surface area (Å²) in [7, 11) is 3.82. The molecule has 2 N–H and O–H groups in total. The number of nitrogens with one attached hydrogen (secondary N) is 2.